The molecule has 0 amide bonds. The van der Waals surface area contributed by atoms with Gasteiger partial charge in [0.05, 0.1) is 18.9 Å². The summed E-state index contributed by atoms with van der Waals surface area (Å²) in [4.78, 5) is 16.9. The monoisotopic (exact) mass is 213 g/mol. The summed E-state index contributed by atoms with van der Waals surface area (Å²) in [5.41, 5.74) is 0.681. The van der Waals surface area contributed by atoms with Gasteiger partial charge in [-0.1, -0.05) is 5.16 Å². The first-order valence-corrected chi connectivity index (χ1v) is 5.22. The fourth-order valence-electron chi connectivity index (χ4n) is 2.09. The number of rotatable bonds is 2. The third-order valence-corrected chi connectivity index (χ3v) is 2.80. The number of fused-ring (bicyclic) bond motifs is 1. The molecular formula is C10H15NO4. The summed E-state index contributed by atoms with van der Waals surface area (Å²) in [5, 5.41) is 3.85. The van der Waals surface area contributed by atoms with Crippen LogP contribution < -0.4 is 0 Å². The van der Waals surface area contributed by atoms with E-state index in [1.165, 1.54) is 0 Å². The number of ether oxygens (including phenoxy) is 2. The Labute approximate surface area is 88.4 Å². The molecule has 5 nitrogen and oxygen atoms in total. The summed E-state index contributed by atoms with van der Waals surface area (Å²) in [6.07, 6.45) is 0.448. The average Bonchev–Trinajstić information content (AvgIpc) is 2.65. The quantitative estimate of drug-likeness (QED) is 0.640. The third-order valence-electron chi connectivity index (χ3n) is 2.80. The SMILES string of the molecule is CCOC(=O)[C@H]1C(C)=NO[C@@H]2OCC[C@@H]21. The van der Waals surface area contributed by atoms with Crippen molar-refractivity contribution in [2.45, 2.75) is 26.6 Å². The second-order valence-electron chi connectivity index (χ2n) is 3.76. The molecule has 0 radical (unpaired) electrons. The van der Waals surface area contributed by atoms with Gasteiger partial charge >= 0.3 is 5.97 Å². The van der Waals surface area contributed by atoms with Crippen LogP contribution in [0.1, 0.15) is 20.3 Å². The molecule has 0 bridgehead atoms. The first-order chi connectivity index (χ1) is 7.24. The van der Waals surface area contributed by atoms with E-state index in [2.05, 4.69) is 5.16 Å². The first-order valence-electron chi connectivity index (χ1n) is 5.22. The van der Waals surface area contributed by atoms with Crippen LogP contribution in [0.15, 0.2) is 5.16 Å². The summed E-state index contributed by atoms with van der Waals surface area (Å²) in [7, 11) is 0. The molecule has 1 saturated heterocycles. The average molecular weight is 213 g/mol. The fourth-order valence-corrected chi connectivity index (χ4v) is 2.09. The summed E-state index contributed by atoms with van der Waals surface area (Å²) in [5.74, 6) is -0.463. The molecule has 2 rings (SSSR count). The van der Waals surface area contributed by atoms with E-state index in [0.717, 1.165) is 6.42 Å². The molecule has 1 fully saturated rings. The molecule has 2 aliphatic heterocycles. The van der Waals surface area contributed by atoms with Gasteiger partial charge in [0.2, 0.25) is 6.29 Å². The van der Waals surface area contributed by atoms with E-state index >= 15 is 0 Å². The maximum atomic E-state index is 11.7. The Morgan fingerprint density at radius 3 is 3.20 bits per heavy atom. The summed E-state index contributed by atoms with van der Waals surface area (Å²) < 4.78 is 10.4. The van der Waals surface area contributed by atoms with E-state index in [-0.39, 0.29) is 24.1 Å². The smallest absolute Gasteiger partial charge is 0.315 e. The Balaban J connectivity index is 2.15. The van der Waals surface area contributed by atoms with Gasteiger partial charge in [0.15, 0.2) is 0 Å². The Bertz CT molecular complexity index is 289. The Morgan fingerprint density at radius 1 is 1.67 bits per heavy atom. The molecule has 0 saturated carbocycles. The number of hydrogen-bond donors (Lipinski definition) is 0. The van der Waals surface area contributed by atoms with E-state index in [4.69, 9.17) is 14.3 Å². The molecule has 2 heterocycles. The zero-order valence-electron chi connectivity index (χ0n) is 8.93. The Hall–Kier alpha value is -1.10. The van der Waals surface area contributed by atoms with Gasteiger partial charge in [0, 0.05) is 5.92 Å². The van der Waals surface area contributed by atoms with E-state index in [0.29, 0.717) is 18.9 Å². The highest BCUT2D eigenvalue weighted by atomic mass is 16.8. The molecule has 0 aromatic rings. The molecule has 0 aliphatic carbocycles. The van der Waals surface area contributed by atoms with Gasteiger partial charge in [-0.3, -0.25) is 4.79 Å². The van der Waals surface area contributed by atoms with Crippen molar-refractivity contribution in [2.24, 2.45) is 17.0 Å². The standard InChI is InChI=1S/C10H15NO4/c1-3-13-9(12)8-6(2)11-15-10-7(8)4-5-14-10/h7-8,10H,3-5H2,1-2H3/t7-,8+,10+/m1/s1. The highest BCUT2D eigenvalue weighted by Crippen LogP contribution is 2.34. The van der Waals surface area contributed by atoms with E-state index in [9.17, 15) is 4.79 Å². The molecule has 5 heteroatoms. The van der Waals surface area contributed by atoms with Crippen molar-refractivity contribution in [1.29, 1.82) is 0 Å². The van der Waals surface area contributed by atoms with Crippen molar-refractivity contribution in [3.63, 3.8) is 0 Å². The van der Waals surface area contributed by atoms with Crippen molar-refractivity contribution in [3.8, 4) is 0 Å². The van der Waals surface area contributed by atoms with Crippen LogP contribution in [-0.4, -0.2) is 31.2 Å². The Morgan fingerprint density at radius 2 is 2.47 bits per heavy atom. The molecule has 0 aromatic carbocycles. The maximum Gasteiger partial charge on any atom is 0.315 e. The lowest BCUT2D eigenvalue weighted by atomic mass is 9.86. The lowest BCUT2D eigenvalue weighted by molar-refractivity contribution is -0.165. The number of carbonyl (C=O) groups excluding carboxylic acids is 1. The minimum atomic E-state index is -0.372. The lowest BCUT2D eigenvalue weighted by Gasteiger charge is -2.28. The van der Waals surface area contributed by atoms with E-state index in [1.54, 1.807) is 13.8 Å². The van der Waals surface area contributed by atoms with Gasteiger partial charge in [-0.05, 0) is 20.3 Å². The summed E-state index contributed by atoms with van der Waals surface area (Å²) >= 11 is 0. The van der Waals surface area contributed by atoms with Gasteiger partial charge in [-0.25, -0.2) is 0 Å². The van der Waals surface area contributed by atoms with Crippen LogP contribution in [0.3, 0.4) is 0 Å². The largest absolute Gasteiger partial charge is 0.465 e. The number of carbonyl (C=O) groups is 1. The van der Waals surface area contributed by atoms with Crippen molar-refractivity contribution in [1.82, 2.24) is 0 Å². The molecule has 0 N–H and O–H groups in total. The maximum absolute atomic E-state index is 11.7. The van der Waals surface area contributed by atoms with Crippen LogP contribution in [0, 0.1) is 11.8 Å². The van der Waals surface area contributed by atoms with Gasteiger partial charge in [-0.2, -0.15) is 0 Å². The minimum absolute atomic E-state index is 0.0570. The topological polar surface area (TPSA) is 57.1 Å². The van der Waals surface area contributed by atoms with E-state index in [1.807, 2.05) is 0 Å². The van der Waals surface area contributed by atoms with Crippen LogP contribution in [0.4, 0.5) is 0 Å². The lowest BCUT2D eigenvalue weighted by Crippen LogP contribution is -2.40. The van der Waals surface area contributed by atoms with Crippen LogP contribution in [0.5, 0.6) is 0 Å². The number of oxime groups is 1. The van der Waals surface area contributed by atoms with Crippen LogP contribution >= 0.6 is 0 Å². The molecule has 0 aromatic heterocycles. The third kappa shape index (κ3) is 1.84. The number of hydrogen-bond acceptors (Lipinski definition) is 5. The van der Waals surface area contributed by atoms with Crippen LogP contribution in [-0.2, 0) is 19.1 Å². The molecule has 3 atom stereocenters. The van der Waals surface area contributed by atoms with Gasteiger partial charge in [0.25, 0.3) is 0 Å². The zero-order valence-corrected chi connectivity index (χ0v) is 8.93. The van der Waals surface area contributed by atoms with Crippen LogP contribution in [0.25, 0.3) is 0 Å². The van der Waals surface area contributed by atoms with Crippen molar-refractivity contribution < 1.29 is 19.1 Å². The highest BCUT2D eigenvalue weighted by molar-refractivity contribution is 6.01. The summed E-state index contributed by atoms with van der Waals surface area (Å²) in [6.45, 7) is 4.60. The molecule has 0 spiro atoms. The Kier molecular flexibility index (Phi) is 2.90. The van der Waals surface area contributed by atoms with Gasteiger partial charge < -0.3 is 14.3 Å². The van der Waals surface area contributed by atoms with Gasteiger partial charge in [-0.15, -0.1) is 0 Å². The highest BCUT2D eigenvalue weighted by Gasteiger charge is 2.45. The fraction of sp³-hybridized carbons (Fsp3) is 0.800. The second-order valence-corrected chi connectivity index (χ2v) is 3.76. The molecule has 2 aliphatic rings. The van der Waals surface area contributed by atoms with Crippen molar-refractivity contribution >= 4 is 11.7 Å². The molecule has 15 heavy (non-hydrogen) atoms. The van der Waals surface area contributed by atoms with Crippen molar-refractivity contribution in [3.05, 3.63) is 0 Å². The van der Waals surface area contributed by atoms with E-state index < -0.39 is 0 Å². The molecule has 84 valence electrons. The molecular weight excluding hydrogens is 198 g/mol. The van der Waals surface area contributed by atoms with Gasteiger partial charge in [0.1, 0.15) is 5.92 Å². The predicted octanol–water partition coefficient (Wildman–Crippen LogP) is 0.934. The van der Waals surface area contributed by atoms with Crippen molar-refractivity contribution in [2.75, 3.05) is 13.2 Å². The first kappa shape index (κ1) is 10.4. The number of nitrogens with zero attached hydrogens (tertiary/aromatic N) is 1. The normalized spacial score (nSPS) is 34.0. The minimum Gasteiger partial charge on any atom is -0.465 e. The van der Waals surface area contributed by atoms with Crippen LogP contribution in [0.2, 0.25) is 0 Å². The summed E-state index contributed by atoms with van der Waals surface area (Å²) in [6, 6.07) is 0. The molecule has 0 unspecified atom stereocenters. The zero-order chi connectivity index (χ0) is 10.8. The predicted molar refractivity (Wildman–Crippen MR) is 52.2 cm³/mol. The number of esters is 1. The second kappa shape index (κ2) is 4.18.